The second-order valence-corrected chi connectivity index (χ2v) is 7.39. The zero-order valence-electron chi connectivity index (χ0n) is 15.0. The molecule has 1 aliphatic rings. The molecular formula is C21H22N2O2S. The van der Waals surface area contributed by atoms with Crippen LogP contribution in [0.5, 0.6) is 11.5 Å². The van der Waals surface area contributed by atoms with Crippen molar-refractivity contribution in [3.63, 3.8) is 0 Å². The molecule has 26 heavy (non-hydrogen) atoms. The van der Waals surface area contributed by atoms with Gasteiger partial charge in [-0.25, -0.2) is 0 Å². The van der Waals surface area contributed by atoms with Crippen LogP contribution >= 0.6 is 11.3 Å². The minimum absolute atomic E-state index is 0.163. The van der Waals surface area contributed by atoms with Gasteiger partial charge in [-0.05, 0) is 77.5 Å². The first-order chi connectivity index (χ1) is 12.7. The molecular weight excluding hydrogens is 344 g/mol. The van der Waals surface area contributed by atoms with Crippen LogP contribution in [0, 0.1) is 13.8 Å². The number of fused-ring (bicyclic) bond motifs is 1. The summed E-state index contributed by atoms with van der Waals surface area (Å²) >= 11 is 1.73. The first kappa shape index (κ1) is 17.1. The third kappa shape index (κ3) is 3.59. The van der Waals surface area contributed by atoms with Crippen LogP contribution in [0.4, 0.5) is 0 Å². The zero-order valence-corrected chi connectivity index (χ0v) is 15.8. The minimum Gasteiger partial charge on any atom is -0.454 e. The summed E-state index contributed by atoms with van der Waals surface area (Å²) < 4.78 is 11.0. The normalized spacial score (nSPS) is 13.8. The quantitative estimate of drug-likeness (QED) is 0.694. The number of thiophene rings is 1. The van der Waals surface area contributed by atoms with Crippen LogP contribution < -0.4 is 14.8 Å². The molecule has 0 aliphatic carbocycles. The third-order valence-corrected chi connectivity index (χ3v) is 5.50. The molecule has 0 spiro atoms. The van der Waals surface area contributed by atoms with Gasteiger partial charge in [-0.3, -0.25) is 4.98 Å². The largest absolute Gasteiger partial charge is 0.454 e. The predicted molar refractivity (Wildman–Crippen MR) is 104 cm³/mol. The third-order valence-electron chi connectivity index (χ3n) is 4.77. The fraction of sp³-hybridized carbons (Fsp3) is 0.286. The molecule has 0 saturated heterocycles. The van der Waals surface area contributed by atoms with Crippen LogP contribution in [0.3, 0.4) is 0 Å². The highest BCUT2D eigenvalue weighted by atomic mass is 32.1. The highest BCUT2D eigenvalue weighted by Gasteiger charge is 2.19. The van der Waals surface area contributed by atoms with E-state index < -0.39 is 0 Å². The Bertz CT molecular complexity index is 893. The summed E-state index contributed by atoms with van der Waals surface area (Å²) in [6.07, 6.45) is 2.79. The van der Waals surface area contributed by atoms with Crippen molar-refractivity contribution in [2.24, 2.45) is 0 Å². The van der Waals surface area contributed by atoms with Gasteiger partial charge in [0, 0.05) is 12.7 Å². The van der Waals surface area contributed by atoms with Crippen LogP contribution in [0.15, 0.2) is 47.3 Å². The molecule has 1 aromatic carbocycles. The maximum absolute atomic E-state index is 5.53. The molecule has 1 aliphatic heterocycles. The van der Waals surface area contributed by atoms with Gasteiger partial charge in [0.2, 0.25) is 6.79 Å². The Kier molecular flexibility index (Phi) is 4.91. The minimum atomic E-state index is 0.163. The van der Waals surface area contributed by atoms with Crippen molar-refractivity contribution in [2.45, 2.75) is 32.9 Å². The number of benzene rings is 1. The summed E-state index contributed by atoms with van der Waals surface area (Å²) in [7, 11) is 0. The molecule has 4 nitrogen and oxygen atoms in total. The summed E-state index contributed by atoms with van der Waals surface area (Å²) in [5.41, 5.74) is 6.08. The van der Waals surface area contributed by atoms with Crippen molar-refractivity contribution >= 4 is 11.3 Å². The Balaban J connectivity index is 1.56. The van der Waals surface area contributed by atoms with E-state index >= 15 is 0 Å². The number of aromatic nitrogens is 1. The number of rotatable bonds is 6. The van der Waals surface area contributed by atoms with Crippen molar-refractivity contribution in [2.75, 3.05) is 6.79 Å². The molecule has 4 rings (SSSR count). The molecule has 3 heterocycles. The van der Waals surface area contributed by atoms with Gasteiger partial charge in [0.1, 0.15) is 0 Å². The van der Waals surface area contributed by atoms with Gasteiger partial charge in [0.05, 0.1) is 11.7 Å². The molecule has 0 unspecified atom stereocenters. The standard InChI is InChI=1S/C21H22N2O2S/c1-14-4-3-6-22-21(14)18(9-16-5-7-26-12-16)23-11-17-10-20-19(8-15(17)2)24-13-25-20/h3-8,10,12,18,23H,9,11,13H2,1-2H3/t18-/m1/s1. The zero-order chi connectivity index (χ0) is 17.9. The molecule has 5 heteroatoms. The van der Waals surface area contributed by atoms with Crippen molar-refractivity contribution in [3.8, 4) is 11.5 Å². The lowest BCUT2D eigenvalue weighted by Crippen LogP contribution is -2.25. The summed E-state index contributed by atoms with van der Waals surface area (Å²) in [5, 5.41) is 8.04. The highest BCUT2D eigenvalue weighted by Crippen LogP contribution is 2.34. The lowest BCUT2D eigenvalue weighted by atomic mass is 10.0. The first-order valence-electron chi connectivity index (χ1n) is 8.76. The fourth-order valence-corrected chi connectivity index (χ4v) is 3.96. The summed E-state index contributed by atoms with van der Waals surface area (Å²) in [6.45, 7) is 5.29. The Labute approximate surface area is 157 Å². The van der Waals surface area contributed by atoms with Crippen LogP contribution in [0.2, 0.25) is 0 Å². The SMILES string of the molecule is Cc1cc2c(cc1CN[C@H](Cc1ccsc1)c1ncccc1C)OCO2. The molecule has 0 radical (unpaired) electrons. The van der Waals surface area contributed by atoms with Crippen molar-refractivity contribution in [3.05, 3.63) is 75.2 Å². The van der Waals surface area contributed by atoms with E-state index in [0.717, 1.165) is 30.2 Å². The Morgan fingerprint density at radius 2 is 2.00 bits per heavy atom. The topological polar surface area (TPSA) is 43.4 Å². The maximum Gasteiger partial charge on any atom is 0.231 e. The van der Waals surface area contributed by atoms with E-state index in [1.54, 1.807) is 11.3 Å². The van der Waals surface area contributed by atoms with Crippen LogP contribution in [0.1, 0.15) is 34.0 Å². The predicted octanol–water partition coefficient (Wildman–Crippen LogP) is 4.56. The van der Waals surface area contributed by atoms with Gasteiger partial charge in [0.15, 0.2) is 11.5 Å². The number of ether oxygens (including phenoxy) is 2. The number of pyridine rings is 1. The van der Waals surface area contributed by atoms with Gasteiger partial charge < -0.3 is 14.8 Å². The summed E-state index contributed by atoms with van der Waals surface area (Å²) in [5.74, 6) is 1.66. The van der Waals surface area contributed by atoms with Crippen molar-refractivity contribution in [1.82, 2.24) is 10.3 Å². The summed E-state index contributed by atoms with van der Waals surface area (Å²) in [6, 6.07) is 10.6. The smallest absolute Gasteiger partial charge is 0.231 e. The van der Waals surface area contributed by atoms with Gasteiger partial charge in [-0.1, -0.05) is 6.07 Å². The molecule has 2 aromatic heterocycles. The first-order valence-corrected chi connectivity index (χ1v) is 9.70. The van der Waals surface area contributed by atoms with E-state index in [0.29, 0.717) is 6.79 Å². The van der Waals surface area contributed by atoms with E-state index in [1.165, 1.54) is 22.3 Å². The lowest BCUT2D eigenvalue weighted by molar-refractivity contribution is 0.174. The highest BCUT2D eigenvalue weighted by molar-refractivity contribution is 7.07. The lowest BCUT2D eigenvalue weighted by Gasteiger charge is -2.20. The Morgan fingerprint density at radius 1 is 1.15 bits per heavy atom. The van der Waals surface area contributed by atoms with Crippen molar-refractivity contribution < 1.29 is 9.47 Å². The molecule has 0 amide bonds. The molecule has 0 fully saturated rings. The van der Waals surface area contributed by atoms with Crippen LogP contribution in [-0.4, -0.2) is 11.8 Å². The van der Waals surface area contributed by atoms with E-state index in [-0.39, 0.29) is 6.04 Å². The number of hydrogen-bond acceptors (Lipinski definition) is 5. The van der Waals surface area contributed by atoms with Crippen molar-refractivity contribution in [1.29, 1.82) is 0 Å². The van der Waals surface area contributed by atoms with Gasteiger partial charge in [0.25, 0.3) is 0 Å². The molecule has 0 bridgehead atoms. The Hall–Kier alpha value is -2.37. The van der Waals surface area contributed by atoms with E-state index in [1.807, 2.05) is 12.3 Å². The summed E-state index contributed by atoms with van der Waals surface area (Å²) in [4.78, 5) is 4.65. The second kappa shape index (κ2) is 7.48. The van der Waals surface area contributed by atoms with Crippen LogP contribution in [-0.2, 0) is 13.0 Å². The monoisotopic (exact) mass is 366 g/mol. The molecule has 1 N–H and O–H groups in total. The fourth-order valence-electron chi connectivity index (χ4n) is 3.28. The molecule has 3 aromatic rings. The molecule has 134 valence electrons. The number of hydrogen-bond donors (Lipinski definition) is 1. The average Bonchev–Trinajstić information content (AvgIpc) is 3.30. The Morgan fingerprint density at radius 3 is 2.77 bits per heavy atom. The molecule has 1 atom stereocenters. The average molecular weight is 366 g/mol. The van der Waals surface area contributed by atoms with E-state index in [2.05, 4.69) is 59.2 Å². The number of nitrogens with zero attached hydrogens (tertiary/aromatic N) is 1. The molecule has 0 saturated carbocycles. The van der Waals surface area contributed by atoms with E-state index in [4.69, 9.17) is 9.47 Å². The maximum atomic E-state index is 5.53. The van der Waals surface area contributed by atoms with E-state index in [9.17, 15) is 0 Å². The number of nitrogens with one attached hydrogen (secondary N) is 1. The van der Waals surface area contributed by atoms with Gasteiger partial charge in [-0.15, -0.1) is 0 Å². The number of aryl methyl sites for hydroxylation is 2. The second-order valence-electron chi connectivity index (χ2n) is 6.61. The van der Waals surface area contributed by atoms with Gasteiger partial charge in [-0.2, -0.15) is 11.3 Å². The van der Waals surface area contributed by atoms with Gasteiger partial charge >= 0.3 is 0 Å². The van der Waals surface area contributed by atoms with Crippen LogP contribution in [0.25, 0.3) is 0 Å².